The molecule has 0 radical (unpaired) electrons. The maximum absolute atomic E-state index is 12.8. The highest BCUT2D eigenvalue weighted by molar-refractivity contribution is 7.92. The van der Waals surface area contributed by atoms with Crippen molar-refractivity contribution in [3.05, 3.63) is 63.7 Å². The fraction of sp³-hybridized carbons (Fsp3) is 0.350. The Balaban J connectivity index is 1.72. The highest BCUT2D eigenvalue weighted by Crippen LogP contribution is 2.24. The number of aryl methyl sites for hydroxylation is 1. The Morgan fingerprint density at radius 2 is 1.67 bits per heavy atom. The normalized spacial score (nSPS) is 15.6. The number of nitro benzene ring substituents is 1. The molecule has 1 saturated heterocycles. The summed E-state index contributed by atoms with van der Waals surface area (Å²) in [5.74, 6) is -0.283. The third kappa shape index (κ3) is 5.86. The predicted octanol–water partition coefficient (Wildman–Crippen LogP) is 1.81. The number of nitro groups is 1. The molecule has 1 fully saturated rings. The van der Waals surface area contributed by atoms with E-state index in [-0.39, 0.29) is 35.3 Å². The van der Waals surface area contributed by atoms with E-state index in [0.29, 0.717) is 30.6 Å². The van der Waals surface area contributed by atoms with Crippen molar-refractivity contribution in [3.63, 3.8) is 0 Å². The average Bonchev–Trinajstić information content (AvgIpc) is 3.00. The van der Waals surface area contributed by atoms with Crippen LogP contribution in [0.15, 0.2) is 47.4 Å². The summed E-state index contributed by atoms with van der Waals surface area (Å²) in [4.78, 5) is 24.6. The van der Waals surface area contributed by atoms with Gasteiger partial charge >= 0.3 is 0 Å². The van der Waals surface area contributed by atoms with Crippen molar-refractivity contribution < 1.29 is 26.6 Å². The van der Waals surface area contributed by atoms with Gasteiger partial charge < -0.3 is 4.90 Å². The molecule has 178 valence electrons. The van der Waals surface area contributed by atoms with Gasteiger partial charge in [0, 0.05) is 49.1 Å². The SMILES string of the molecule is Cc1ccc(S(=O)(=O)Nc2ccc(C(=O)N3CCCN(S(C)(=O)=O)CC3)cc2)cc1[N+](=O)[O-]. The van der Waals surface area contributed by atoms with Crippen molar-refractivity contribution in [1.82, 2.24) is 9.21 Å². The zero-order valence-electron chi connectivity index (χ0n) is 18.1. The Kier molecular flexibility index (Phi) is 7.05. The Morgan fingerprint density at radius 1 is 1.00 bits per heavy atom. The van der Waals surface area contributed by atoms with Crippen LogP contribution in [0.3, 0.4) is 0 Å². The first-order chi connectivity index (χ1) is 15.4. The molecule has 1 aliphatic rings. The van der Waals surface area contributed by atoms with Gasteiger partial charge in [0.25, 0.3) is 21.6 Å². The molecular formula is C20H24N4O7S2. The zero-order chi connectivity index (χ0) is 24.4. The number of carbonyl (C=O) groups excluding carboxylic acids is 1. The second-order valence-corrected chi connectivity index (χ2v) is 11.4. The van der Waals surface area contributed by atoms with Gasteiger partial charge in [-0.15, -0.1) is 0 Å². The molecule has 0 spiro atoms. The van der Waals surface area contributed by atoms with Crippen LogP contribution in [0.4, 0.5) is 11.4 Å². The summed E-state index contributed by atoms with van der Waals surface area (Å²) in [6.45, 7) is 2.74. The molecular weight excluding hydrogens is 472 g/mol. The van der Waals surface area contributed by atoms with Crippen LogP contribution < -0.4 is 4.72 Å². The number of sulfonamides is 2. The molecule has 0 aromatic heterocycles. The van der Waals surface area contributed by atoms with Gasteiger partial charge in [0.1, 0.15) is 0 Å². The van der Waals surface area contributed by atoms with Gasteiger partial charge in [-0.25, -0.2) is 21.1 Å². The molecule has 0 atom stereocenters. The van der Waals surface area contributed by atoms with E-state index in [0.717, 1.165) is 12.3 Å². The largest absolute Gasteiger partial charge is 0.337 e. The van der Waals surface area contributed by atoms with Crippen LogP contribution in [0, 0.1) is 17.0 Å². The molecule has 0 unspecified atom stereocenters. The topological polar surface area (TPSA) is 147 Å². The molecule has 13 heteroatoms. The van der Waals surface area contributed by atoms with Crippen molar-refractivity contribution in [2.75, 3.05) is 37.2 Å². The number of hydrogen-bond donors (Lipinski definition) is 1. The first-order valence-electron chi connectivity index (χ1n) is 10.0. The summed E-state index contributed by atoms with van der Waals surface area (Å²) >= 11 is 0. The van der Waals surface area contributed by atoms with E-state index < -0.39 is 25.0 Å². The van der Waals surface area contributed by atoms with Crippen LogP contribution in [-0.2, 0) is 20.0 Å². The number of hydrogen-bond acceptors (Lipinski definition) is 7. The quantitative estimate of drug-likeness (QED) is 0.474. The molecule has 1 heterocycles. The minimum Gasteiger partial charge on any atom is -0.337 e. The van der Waals surface area contributed by atoms with Crippen LogP contribution in [-0.4, -0.2) is 69.3 Å². The summed E-state index contributed by atoms with van der Waals surface area (Å²) in [6.07, 6.45) is 1.65. The van der Waals surface area contributed by atoms with Crippen molar-refractivity contribution in [3.8, 4) is 0 Å². The van der Waals surface area contributed by atoms with Gasteiger partial charge in [0.05, 0.1) is 16.1 Å². The Bertz CT molecular complexity index is 1280. The van der Waals surface area contributed by atoms with Crippen LogP contribution in [0.25, 0.3) is 0 Å². The van der Waals surface area contributed by atoms with E-state index in [4.69, 9.17) is 0 Å². The highest BCUT2D eigenvalue weighted by Gasteiger charge is 2.25. The third-order valence-electron chi connectivity index (χ3n) is 5.28. The lowest BCUT2D eigenvalue weighted by Gasteiger charge is -2.21. The van der Waals surface area contributed by atoms with Crippen molar-refractivity contribution in [2.45, 2.75) is 18.2 Å². The Hall–Kier alpha value is -3.03. The predicted molar refractivity (Wildman–Crippen MR) is 122 cm³/mol. The average molecular weight is 497 g/mol. The fourth-order valence-corrected chi connectivity index (χ4v) is 5.41. The smallest absolute Gasteiger partial charge is 0.273 e. The molecule has 0 saturated carbocycles. The number of nitrogens with one attached hydrogen (secondary N) is 1. The number of nitrogens with zero attached hydrogens (tertiary/aromatic N) is 3. The summed E-state index contributed by atoms with van der Waals surface area (Å²) in [5, 5.41) is 11.1. The molecule has 0 bridgehead atoms. The first-order valence-corrected chi connectivity index (χ1v) is 13.3. The number of anilines is 1. The zero-order valence-corrected chi connectivity index (χ0v) is 19.7. The van der Waals surface area contributed by atoms with E-state index in [1.165, 1.54) is 47.6 Å². The summed E-state index contributed by atoms with van der Waals surface area (Å²) in [5.41, 5.74) is 0.561. The van der Waals surface area contributed by atoms with E-state index in [1.807, 2.05) is 0 Å². The van der Waals surface area contributed by atoms with Crippen molar-refractivity contribution in [1.29, 1.82) is 0 Å². The van der Waals surface area contributed by atoms with E-state index in [1.54, 1.807) is 4.90 Å². The second-order valence-electron chi connectivity index (χ2n) is 7.70. The van der Waals surface area contributed by atoms with Gasteiger partial charge in [0.15, 0.2) is 0 Å². The maximum Gasteiger partial charge on any atom is 0.273 e. The van der Waals surface area contributed by atoms with Gasteiger partial charge in [-0.05, 0) is 43.7 Å². The summed E-state index contributed by atoms with van der Waals surface area (Å²) < 4.78 is 52.5. The van der Waals surface area contributed by atoms with E-state index in [2.05, 4.69) is 4.72 Å². The number of rotatable bonds is 6. The molecule has 1 amide bonds. The van der Waals surface area contributed by atoms with Crippen LogP contribution >= 0.6 is 0 Å². The first kappa shape index (κ1) is 24.6. The lowest BCUT2D eigenvalue weighted by Crippen LogP contribution is -2.36. The van der Waals surface area contributed by atoms with Crippen molar-refractivity contribution >= 4 is 37.3 Å². The van der Waals surface area contributed by atoms with Gasteiger partial charge in [-0.1, -0.05) is 6.07 Å². The number of amides is 1. The lowest BCUT2D eigenvalue weighted by molar-refractivity contribution is -0.385. The highest BCUT2D eigenvalue weighted by atomic mass is 32.2. The van der Waals surface area contributed by atoms with Crippen LogP contribution in [0.2, 0.25) is 0 Å². The minimum absolute atomic E-state index is 0.189. The lowest BCUT2D eigenvalue weighted by atomic mass is 10.2. The third-order valence-corrected chi connectivity index (χ3v) is 7.96. The van der Waals surface area contributed by atoms with Crippen LogP contribution in [0.5, 0.6) is 0 Å². The molecule has 1 N–H and O–H groups in total. The molecule has 2 aromatic rings. The molecule has 1 aliphatic heterocycles. The fourth-order valence-electron chi connectivity index (χ4n) is 3.46. The van der Waals surface area contributed by atoms with Gasteiger partial charge in [-0.2, -0.15) is 0 Å². The summed E-state index contributed by atoms with van der Waals surface area (Å²) in [7, 11) is -7.40. The molecule has 3 rings (SSSR count). The summed E-state index contributed by atoms with van der Waals surface area (Å²) in [6, 6.07) is 9.42. The van der Waals surface area contributed by atoms with Gasteiger partial charge in [0.2, 0.25) is 10.0 Å². The molecule has 11 nitrogen and oxygen atoms in total. The van der Waals surface area contributed by atoms with E-state index >= 15 is 0 Å². The molecule has 0 aliphatic carbocycles. The Labute approximate surface area is 192 Å². The molecule has 2 aromatic carbocycles. The standard InChI is InChI=1S/C20H24N4O7S2/c1-15-4-9-18(14-19(15)24(26)27)33(30,31)21-17-7-5-16(6-8-17)20(25)22-10-3-11-23(13-12-22)32(2,28)29/h4-9,14,21H,3,10-13H2,1-2H3. The number of carbonyl (C=O) groups is 1. The maximum atomic E-state index is 12.8. The monoisotopic (exact) mass is 496 g/mol. The minimum atomic E-state index is -4.08. The van der Waals surface area contributed by atoms with Crippen molar-refractivity contribution in [2.24, 2.45) is 0 Å². The van der Waals surface area contributed by atoms with E-state index in [9.17, 15) is 31.7 Å². The Morgan fingerprint density at radius 3 is 2.27 bits per heavy atom. The van der Waals surface area contributed by atoms with Crippen LogP contribution in [0.1, 0.15) is 22.3 Å². The second kappa shape index (κ2) is 9.45. The molecule has 33 heavy (non-hydrogen) atoms. The van der Waals surface area contributed by atoms with Gasteiger partial charge in [-0.3, -0.25) is 19.6 Å². The number of benzene rings is 2.